The Hall–Kier alpha value is -2.78. The van der Waals surface area contributed by atoms with E-state index in [9.17, 15) is 31.1 Å². The molecule has 1 N–H and O–H groups in total. The van der Waals surface area contributed by atoms with Gasteiger partial charge in [0.15, 0.2) is 0 Å². The average molecular weight is 390 g/mol. The van der Waals surface area contributed by atoms with Crippen LogP contribution >= 0.6 is 0 Å². The fourth-order valence-corrected chi connectivity index (χ4v) is 2.79. The molecule has 1 fully saturated rings. The van der Waals surface area contributed by atoms with Gasteiger partial charge in [-0.3, -0.25) is 0 Å². The zero-order valence-corrected chi connectivity index (χ0v) is 13.4. The lowest BCUT2D eigenvalue weighted by Gasteiger charge is -2.20. The third-order valence-corrected chi connectivity index (χ3v) is 3.96. The van der Waals surface area contributed by atoms with Crippen molar-refractivity contribution in [2.45, 2.75) is 30.9 Å². The Labute approximate surface area is 149 Å². The second-order valence-electron chi connectivity index (χ2n) is 5.93. The molecule has 3 rings (SSSR count). The van der Waals surface area contributed by atoms with Crippen molar-refractivity contribution in [2.24, 2.45) is 0 Å². The summed E-state index contributed by atoms with van der Waals surface area (Å²) in [6.07, 6.45) is -12.2. The summed E-state index contributed by atoms with van der Waals surface area (Å²) in [6.45, 7) is 0. The summed E-state index contributed by atoms with van der Waals surface area (Å²) in [7, 11) is 0. The van der Waals surface area contributed by atoms with Gasteiger partial charge in [-0.05, 0) is 29.7 Å². The molecule has 0 spiro atoms. The third-order valence-electron chi connectivity index (χ3n) is 3.96. The molecule has 0 radical (unpaired) electrons. The van der Waals surface area contributed by atoms with Gasteiger partial charge < -0.3 is 10.1 Å². The highest BCUT2D eigenvalue weighted by Crippen LogP contribution is 2.37. The topological polar surface area (TPSA) is 51.2 Å². The highest BCUT2D eigenvalue weighted by Gasteiger charge is 2.42. The van der Waals surface area contributed by atoms with Crippen molar-refractivity contribution >= 4 is 6.09 Å². The number of alkyl carbamates (subject to hydrolysis) is 1. The zero-order chi connectivity index (χ0) is 19.8. The molecule has 1 aliphatic heterocycles. The maximum absolute atomic E-state index is 13.0. The van der Waals surface area contributed by atoms with Crippen LogP contribution in [-0.4, -0.2) is 17.1 Å². The highest BCUT2D eigenvalue weighted by atomic mass is 19.4. The van der Waals surface area contributed by atoms with Gasteiger partial charge in [-0.25, -0.2) is 9.78 Å². The van der Waals surface area contributed by atoms with Gasteiger partial charge in [0, 0.05) is 0 Å². The molecule has 1 aromatic heterocycles. The summed E-state index contributed by atoms with van der Waals surface area (Å²) < 4.78 is 82.9. The number of nitrogens with one attached hydrogen (secondary N) is 1. The summed E-state index contributed by atoms with van der Waals surface area (Å²) in [5, 5.41) is 2.42. The molecule has 0 aliphatic carbocycles. The Morgan fingerprint density at radius 3 is 2.04 bits per heavy atom. The number of hydrogen-bond acceptors (Lipinski definition) is 3. The number of carbonyl (C=O) groups is 1. The predicted molar refractivity (Wildman–Crippen MR) is 80.5 cm³/mol. The molecule has 2 aromatic rings. The lowest BCUT2D eigenvalue weighted by molar-refractivity contribution is -0.150. The molecule has 2 heterocycles. The molecule has 1 saturated heterocycles. The number of carbonyl (C=O) groups excluding carboxylic acids is 1. The van der Waals surface area contributed by atoms with E-state index in [4.69, 9.17) is 4.74 Å². The van der Waals surface area contributed by atoms with Crippen molar-refractivity contribution in [3.05, 3.63) is 65.0 Å². The fourth-order valence-electron chi connectivity index (χ4n) is 2.79. The lowest BCUT2D eigenvalue weighted by Crippen LogP contribution is -2.30. The Morgan fingerprint density at radius 1 is 0.963 bits per heavy atom. The SMILES string of the molecule is O=C1N[C@@H](Cc2ccccc2)[C@@H](c2cc(C(F)(F)F)nc(C(F)(F)F)c2)O1. The van der Waals surface area contributed by atoms with E-state index >= 15 is 0 Å². The maximum atomic E-state index is 13.0. The van der Waals surface area contributed by atoms with Gasteiger partial charge in [0.2, 0.25) is 0 Å². The maximum Gasteiger partial charge on any atom is 0.433 e. The van der Waals surface area contributed by atoms with Crippen LogP contribution in [0.15, 0.2) is 42.5 Å². The monoisotopic (exact) mass is 390 g/mol. The van der Waals surface area contributed by atoms with Crippen LogP contribution in [0.5, 0.6) is 0 Å². The van der Waals surface area contributed by atoms with Crippen molar-refractivity contribution in [3.8, 4) is 0 Å². The van der Waals surface area contributed by atoms with Crippen LogP contribution in [0.3, 0.4) is 0 Å². The average Bonchev–Trinajstić information content (AvgIpc) is 2.94. The number of nitrogens with zero attached hydrogens (tertiary/aromatic N) is 1. The van der Waals surface area contributed by atoms with Crippen LogP contribution in [0, 0.1) is 0 Å². The molecule has 144 valence electrons. The second-order valence-corrected chi connectivity index (χ2v) is 5.93. The molecule has 27 heavy (non-hydrogen) atoms. The summed E-state index contributed by atoms with van der Waals surface area (Å²) in [5.41, 5.74) is -3.09. The van der Waals surface area contributed by atoms with E-state index in [-0.39, 0.29) is 6.42 Å². The standard InChI is InChI=1S/C17H12F6N2O2/c18-16(19,20)12-7-10(8-13(25-12)17(21,22)23)14-11(24-15(26)27-14)6-9-4-2-1-3-5-9/h1-5,7-8,11,14H,6H2,(H,24,26)/t11-,14+/m0/s1. The van der Waals surface area contributed by atoms with Crippen LogP contribution in [0.25, 0.3) is 0 Å². The third kappa shape index (κ3) is 4.32. The van der Waals surface area contributed by atoms with Gasteiger partial charge in [-0.15, -0.1) is 0 Å². The summed E-state index contributed by atoms with van der Waals surface area (Å²) in [5.74, 6) is 0. The van der Waals surface area contributed by atoms with Crippen molar-refractivity contribution < 1.29 is 35.9 Å². The number of cyclic esters (lactones) is 1. The van der Waals surface area contributed by atoms with E-state index in [0.717, 1.165) is 5.56 Å². The minimum atomic E-state index is -5.08. The number of hydrogen-bond donors (Lipinski definition) is 1. The Morgan fingerprint density at radius 2 is 1.52 bits per heavy atom. The molecule has 0 unspecified atom stereocenters. The van der Waals surface area contributed by atoms with Crippen LogP contribution < -0.4 is 5.32 Å². The van der Waals surface area contributed by atoms with Crippen LogP contribution in [0.2, 0.25) is 0 Å². The van der Waals surface area contributed by atoms with Crippen molar-refractivity contribution in [3.63, 3.8) is 0 Å². The zero-order valence-electron chi connectivity index (χ0n) is 13.4. The number of aromatic nitrogens is 1. The van der Waals surface area contributed by atoms with Crippen molar-refractivity contribution in [1.29, 1.82) is 0 Å². The first-order valence-electron chi connectivity index (χ1n) is 7.71. The van der Waals surface area contributed by atoms with E-state index in [1.165, 1.54) is 0 Å². The number of pyridine rings is 1. The largest absolute Gasteiger partial charge is 0.439 e. The smallest absolute Gasteiger partial charge is 0.433 e. The second kappa shape index (κ2) is 6.75. The van der Waals surface area contributed by atoms with Crippen LogP contribution in [0.1, 0.15) is 28.6 Å². The van der Waals surface area contributed by atoms with Gasteiger partial charge in [-0.2, -0.15) is 26.3 Å². The van der Waals surface area contributed by atoms with Gasteiger partial charge in [0.1, 0.15) is 17.5 Å². The van der Waals surface area contributed by atoms with Crippen LogP contribution in [0.4, 0.5) is 31.1 Å². The van der Waals surface area contributed by atoms with Gasteiger partial charge in [0.05, 0.1) is 6.04 Å². The van der Waals surface area contributed by atoms with Gasteiger partial charge >= 0.3 is 18.4 Å². The fraction of sp³-hybridized carbons (Fsp3) is 0.294. The molecule has 0 bridgehead atoms. The molecule has 2 atom stereocenters. The number of alkyl halides is 6. The Kier molecular flexibility index (Phi) is 4.75. The lowest BCUT2D eigenvalue weighted by atomic mass is 9.96. The van der Waals surface area contributed by atoms with E-state index < -0.39 is 47.5 Å². The summed E-state index contributed by atoms with van der Waals surface area (Å²) in [6, 6.07) is 8.74. The van der Waals surface area contributed by atoms with E-state index in [2.05, 4.69) is 10.3 Å². The first-order valence-corrected chi connectivity index (χ1v) is 7.71. The van der Waals surface area contributed by atoms with Crippen molar-refractivity contribution in [1.82, 2.24) is 10.3 Å². The number of benzene rings is 1. The van der Waals surface area contributed by atoms with Gasteiger partial charge in [0.25, 0.3) is 0 Å². The molecule has 10 heteroatoms. The summed E-state index contributed by atoms with van der Waals surface area (Å²) >= 11 is 0. The number of ether oxygens (including phenoxy) is 1. The number of halogens is 6. The molecule has 1 amide bonds. The van der Waals surface area contributed by atoms with E-state index in [1.807, 2.05) is 0 Å². The minimum absolute atomic E-state index is 0.169. The van der Waals surface area contributed by atoms with Gasteiger partial charge in [-0.1, -0.05) is 30.3 Å². The Balaban J connectivity index is 2.00. The molecular weight excluding hydrogens is 378 g/mol. The molecule has 1 aromatic carbocycles. The predicted octanol–water partition coefficient (Wildman–Crippen LogP) is 4.51. The minimum Gasteiger partial charge on any atom is -0.439 e. The normalized spacial score (nSPS) is 20.3. The number of amides is 1. The van der Waals surface area contributed by atoms with Crippen molar-refractivity contribution in [2.75, 3.05) is 0 Å². The van der Waals surface area contributed by atoms with E-state index in [1.54, 1.807) is 30.3 Å². The molecule has 0 saturated carbocycles. The first-order chi connectivity index (χ1) is 12.5. The van der Waals surface area contributed by atoms with E-state index in [0.29, 0.717) is 12.1 Å². The first kappa shape index (κ1) is 19.0. The van der Waals surface area contributed by atoms with Crippen LogP contribution in [-0.2, 0) is 23.5 Å². The molecule has 4 nitrogen and oxygen atoms in total. The Bertz CT molecular complexity index is 803. The number of rotatable bonds is 3. The quantitative estimate of drug-likeness (QED) is 0.785. The summed E-state index contributed by atoms with van der Waals surface area (Å²) in [4.78, 5) is 14.3. The highest BCUT2D eigenvalue weighted by molar-refractivity contribution is 5.70. The molecule has 1 aliphatic rings. The molecular formula is C17H12F6N2O2.